The number of nitrogens with zero attached hydrogens (tertiary/aromatic N) is 2. The molecule has 6 heteroatoms. The minimum absolute atomic E-state index is 0.466. The summed E-state index contributed by atoms with van der Waals surface area (Å²) in [6.45, 7) is 1.80. The van der Waals surface area contributed by atoms with Crippen LogP contribution in [0.1, 0.15) is 24.1 Å². The van der Waals surface area contributed by atoms with Gasteiger partial charge >= 0.3 is 0 Å². The Bertz CT molecular complexity index is 659. The van der Waals surface area contributed by atoms with Gasteiger partial charge < -0.3 is 15.8 Å². The topological polar surface area (TPSA) is 73.1 Å². The molecule has 3 rings (SSSR count). The summed E-state index contributed by atoms with van der Waals surface area (Å²) in [7, 11) is 0. The van der Waals surface area contributed by atoms with E-state index >= 15 is 0 Å². The van der Waals surface area contributed by atoms with Gasteiger partial charge in [0.25, 0.3) is 0 Å². The number of nitrogens with one attached hydrogen (secondary N) is 1. The van der Waals surface area contributed by atoms with Gasteiger partial charge in [-0.3, -0.25) is 4.98 Å². The van der Waals surface area contributed by atoms with E-state index in [0.29, 0.717) is 18.5 Å². The van der Waals surface area contributed by atoms with Gasteiger partial charge in [0.1, 0.15) is 18.2 Å². The van der Waals surface area contributed by atoms with Gasteiger partial charge in [-0.05, 0) is 71.9 Å². The largest absolute Gasteiger partial charge is 0.490 e. The van der Waals surface area contributed by atoms with Crippen LogP contribution in [0.15, 0.2) is 35.1 Å². The lowest BCUT2D eigenvalue weighted by Crippen LogP contribution is -2.28. The van der Waals surface area contributed by atoms with E-state index in [0.717, 1.165) is 40.9 Å². The fraction of sp³-hybridized carbons (Fsp3) is 0.412. The molecule has 0 amide bonds. The van der Waals surface area contributed by atoms with Crippen molar-refractivity contribution in [3.63, 3.8) is 0 Å². The van der Waals surface area contributed by atoms with Crippen molar-refractivity contribution in [3.05, 3.63) is 46.3 Å². The van der Waals surface area contributed by atoms with Crippen molar-refractivity contribution in [1.29, 1.82) is 0 Å². The average Bonchev–Trinajstić information content (AvgIpc) is 3.08. The molecule has 0 aliphatic carbocycles. The molecular formula is C17H21BrN4O. The van der Waals surface area contributed by atoms with E-state index < -0.39 is 0 Å². The van der Waals surface area contributed by atoms with Crippen LogP contribution in [0, 0.1) is 0 Å². The summed E-state index contributed by atoms with van der Waals surface area (Å²) in [6, 6.07) is 6.45. The Hall–Kier alpha value is -1.66. The van der Waals surface area contributed by atoms with Crippen LogP contribution in [0.2, 0.25) is 0 Å². The molecule has 0 saturated carbocycles. The van der Waals surface area contributed by atoms with Crippen LogP contribution in [0.4, 0.5) is 5.82 Å². The first-order valence-electron chi connectivity index (χ1n) is 7.92. The minimum atomic E-state index is 0.466. The third kappa shape index (κ3) is 4.65. The zero-order chi connectivity index (χ0) is 16.1. The van der Waals surface area contributed by atoms with Gasteiger partial charge in [-0.15, -0.1) is 0 Å². The van der Waals surface area contributed by atoms with Crippen molar-refractivity contribution in [1.82, 2.24) is 15.3 Å². The summed E-state index contributed by atoms with van der Waals surface area (Å²) in [5.74, 6) is 1.36. The quantitative estimate of drug-likeness (QED) is 0.810. The van der Waals surface area contributed by atoms with E-state index in [-0.39, 0.29) is 0 Å². The van der Waals surface area contributed by atoms with E-state index in [1.54, 1.807) is 6.20 Å². The van der Waals surface area contributed by atoms with Crippen LogP contribution in [0.25, 0.3) is 0 Å². The predicted molar refractivity (Wildman–Crippen MR) is 94.5 cm³/mol. The van der Waals surface area contributed by atoms with Crippen LogP contribution in [-0.2, 0) is 12.8 Å². The molecule has 1 atom stereocenters. The summed E-state index contributed by atoms with van der Waals surface area (Å²) in [5.41, 5.74) is 7.94. The second-order valence-electron chi connectivity index (χ2n) is 5.80. The molecule has 3 N–H and O–H groups in total. The number of halogens is 1. The highest BCUT2D eigenvalue weighted by Gasteiger charge is 2.14. The number of aromatic nitrogens is 2. The van der Waals surface area contributed by atoms with Crippen molar-refractivity contribution >= 4 is 21.7 Å². The van der Waals surface area contributed by atoms with Crippen LogP contribution in [0.3, 0.4) is 0 Å². The molecule has 2 aromatic heterocycles. The Labute approximate surface area is 144 Å². The number of hydrogen-bond acceptors (Lipinski definition) is 5. The summed E-state index contributed by atoms with van der Waals surface area (Å²) < 4.78 is 6.68. The van der Waals surface area contributed by atoms with Gasteiger partial charge in [0.05, 0.1) is 10.7 Å². The van der Waals surface area contributed by atoms with Crippen molar-refractivity contribution in [3.8, 4) is 5.75 Å². The molecule has 0 radical (unpaired) electrons. The molecule has 122 valence electrons. The fourth-order valence-corrected chi connectivity index (χ4v) is 2.91. The zero-order valence-electron chi connectivity index (χ0n) is 13.0. The lowest BCUT2D eigenvalue weighted by molar-refractivity contribution is 0.276. The Balaban J connectivity index is 1.55. The molecule has 1 aliphatic rings. The molecule has 0 unspecified atom stereocenters. The molecule has 23 heavy (non-hydrogen) atoms. The Morgan fingerprint density at radius 3 is 3.00 bits per heavy atom. The first kappa shape index (κ1) is 16.2. The third-order valence-electron chi connectivity index (χ3n) is 3.98. The molecule has 1 saturated heterocycles. The molecule has 1 fully saturated rings. The second kappa shape index (κ2) is 7.75. The highest BCUT2D eigenvalue weighted by molar-refractivity contribution is 9.10. The average molecular weight is 377 g/mol. The molecular weight excluding hydrogens is 356 g/mol. The maximum Gasteiger partial charge on any atom is 0.138 e. The molecule has 3 heterocycles. The number of nitrogens with two attached hydrogens (primary N) is 1. The number of nitrogen functional groups attached to an aromatic ring is 1. The summed E-state index contributed by atoms with van der Waals surface area (Å²) in [4.78, 5) is 8.65. The van der Waals surface area contributed by atoms with E-state index in [2.05, 4.69) is 37.3 Å². The highest BCUT2D eigenvalue weighted by Crippen LogP contribution is 2.18. The standard InChI is InChI=1S/C17H21BrN4O/c18-16-6-5-13(22-17(16)19)4-3-12-8-15(10-20-9-12)23-11-14-2-1-7-21-14/h5-6,8-10,14,21H,1-4,7,11H2,(H2,19,22)/t14-/m0/s1. The molecule has 1 aliphatic heterocycles. The second-order valence-corrected chi connectivity index (χ2v) is 6.66. The van der Waals surface area contributed by atoms with Crippen molar-refractivity contribution in [2.75, 3.05) is 18.9 Å². The molecule has 0 spiro atoms. The Kier molecular flexibility index (Phi) is 5.46. The van der Waals surface area contributed by atoms with Gasteiger partial charge in [0.2, 0.25) is 0 Å². The van der Waals surface area contributed by atoms with Crippen LogP contribution in [0.5, 0.6) is 5.75 Å². The van der Waals surface area contributed by atoms with Crippen LogP contribution in [-0.4, -0.2) is 29.2 Å². The van der Waals surface area contributed by atoms with Crippen molar-refractivity contribution in [2.24, 2.45) is 0 Å². The lowest BCUT2D eigenvalue weighted by Gasteiger charge is -2.12. The maximum absolute atomic E-state index is 5.85. The van der Waals surface area contributed by atoms with Gasteiger partial charge in [0, 0.05) is 17.9 Å². The van der Waals surface area contributed by atoms with Crippen molar-refractivity contribution in [2.45, 2.75) is 31.7 Å². The zero-order valence-corrected chi connectivity index (χ0v) is 14.6. The van der Waals surface area contributed by atoms with Crippen LogP contribution < -0.4 is 15.8 Å². The first-order valence-corrected chi connectivity index (χ1v) is 8.71. The number of aryl methyl sites for hydroxylation is 2. The van der Waals surface area contributed by atoms with E-state index in [1.165, 1.54) is 12.8 Å². The highest BCUT2D eigenvalue weighted by atomic mass is 79.9. The summed E-state index contributed by atoms with van der Waals surface area (Å²) >= 11 is 3.36. The van der Waals surface area contributed by atoms with E-state index in [9.17, 15) is 0 Å². The third-order valence-corrected chi connectivity index (χ3v) is 4.65. The Morgan fingerprint density at radius 1 is 1.30 bits per heavy atom. The molecule has 5 nitrogen and oxygen atoms in total. The predicted octanol–water partition coefficient (Wildman–Crippen LogP) is 2.74. The SMILES string of the molecule is Nc1nc(CCc2cncc(OC[C@@H]3CCCN3)c2)ccc1Br. The first-order chi connectivity index (χ1) is 11.2. The fourth-order valence-electron chi connectivity index (χ4n) is 2.69. The number of anilines is 1. The number of ether oxygens (including phenoxy) is 1. The number of hydrogen-bond donors (Lipinski definition) is 2. The van der Waals surface area contributed by atoms with Gasteiger partial charge in [-0.2, -0.15) is 0 Å². The number of pyridine rings is 2. The maximum atomic E-state index is 5.85. The number of rotatable bonds is 6. The summed E-state index contributed by atoms with van der Waals surface area (Å²) in [5, 5.41) is 3.43. The normalized spacial score (nSPS) is 17.3. The van der Waals surface area contributed by atoms with E-state index in [1.807, 2.05) is 18.3 Å². The molecule has 0 aromatic carbocycles. The summed E-state index contributed by atoms with van der Waals surface area (Å²) in [6.07, 6.45) is 7.75. The van der Waals surface area contributed by atoms with Gasteiger partial charge in [0.15, 0.2) is 0 Å². The van der Waals surface area contributed by atoms with Gasteiger partial charge in [-0.1, -0.05) is 0 Å². The molecule has 0 bridgehead atoms. The smallest absolute Gasteiger partial charge is 0.138 e. The van der Waals surface area contributed by atoms with E-state index in [4.69, 9.17) is 10.5 Å². The molecule has 2 aromatic rings. The lowest BCUT2D eigenvalue weighted by atomic mass is 10.1. The Morgan fingerprint density at radius 2 is 2.22 bits per heavy atom. The van der Waals surface area contributed by atoms with Gasteiger partial charge in [-0.25, -0.2) is 4.98 Å². The van der Waals surface area contributed by atoms with Crippen LogP contribution >= 0.6 is 15.9 Å². The monoisotopic (exact) mass is 376 g/mol. The minimum Gasteiger partial charge on any atom is -0.490 e. The van der Waals surface area contributed by atoms with Crippen molar-refractivity contribution < 1.29 is 4.74 Å².